The number of nitrogens with zero attached hydrogens (tertiary/aromatic N) is 2. The van der Waals surface area contributed by atoms with Crippen LogP contribution in [0.25, 0.3) is 0 Å². The summed E-state index contributed by atoms with van der Waals surface area (Å²) in [5.41, 5.74) is 1.17. The number of methoxy groups -OCH3 is 1. The molecule has 33 heavy (non-hydrogen) atoms. The van der Waals surface area contributed by atoms with Crippen LogP contribution in [-0.2, 0) is 31.6 Å². The minimum absolute atomic E-state index is 0.149. The van der Waals surface area contributed by atoms with Crippen molar-refractivity contribution in [3.8, 4) is 5.75 Å². The van der Waals surface area contributed by atoms with Gasteiger partial charge in [-0.25, -0.2) is 9.78 Å². The van der Waals surface area contributed by atoms with Crippen molar-refractivity contribution in [1.82, 2.24) is 9.88 Å². The van der Waals surface area contributed by atoms with Crippen LogP contribution in [0.15, 0.2) is 29.6 Å². The average Bonchev–Trinajstić information content (AvgIpc) is 3.45. The van der Waals surface area contributed by atoms with Crippen LogP contribution in [0.5, 0.6) is 5.75 Å². The van der Waals surface area contributed by atoms with E-state index in [-0.39, 0.29) is 18.3 Å². The van der Waals surface area contributed by atoms with Crippen LogP contribution in [0.3, 0.4) is 0 Å². The smallest absolute Gasteiger partial charge is 0.443 e. The molecule has 3 atom stereocenters. The first-order valence-corrected chi connectivity index (χ1v) is 11.4. The average molecular weight is 489 g/mol. The van der Waals surface area contributed by atoms with Crippen LogP contribution in [0.1, 0.15) is 36.2 Å². The van der Waals surface area contributed by atoms with Gasteiger partial charge in [-0.05, 0) is 38.0 Å². The van der Waals surface area contributed by atoms with E-state index in [4.69, 9.17) is 18.9 Å². The number of hydrogen-bond donors (Lipinski definition) is 0. The molecule has 3 unspecified atom stereocenters. The van der Waals surface area contributed by atoms with E-state index in [0.29, 0.717) is 37.6 Å². The minimum atomic E-state index is -4.52. The molecule has 1 aliphatic rings. The van der Waals surface area contributed by atoms with Gasteiger partial charge in [-0.2, -0.15) is 13.2 Å². The Hall–Kier alpha value is -2.21. The van der Waals surface area contributed by atoms with Gasteiger partial charge in [0.05, 0.1) is 19.4 Å². The molecule has 0 radical (unpaired) electrons. The Morgan fingerprint density at radius 2 is 2.03 bits per heavy atom. The molecule has 1 aromatic heterocycles. The van der Waals surface area contributed by atoms with E-state index in [0.717, 1.165) is 11.3 Å². The molecule has 7 nitrogen and oxygen atoms in total. The number of rotatable bonds is 10. The van der Waals surface area contributed by atoms with E-state index in [9.17, 15) is 18.0 Å². The largest absolute Gasteiger partial charge is 0.491 e. The Bertz CT molecular complexity index is 906. The number of thiazole rings is 1. The normalized spacial score (nSPS) is 20.1. The molecule has 1 aliphatic heterocycles. The Morgan fingerprint density at radius 1 is 1.30 bits per heavy atom. The van der Waals surface area contributed by atoms with Crippen molar-refractivity contribution in [3.05, 3.63) is 45.9 Å². The van der Waals surface area contributed by atoms with Gasteiger partial charge in [-0.1, -0.05) is 12.1 Å². The number of alkyl halides is 3. The summed E-state index contributed by atoms with van der Waals surface area (Å²) in [6.45, 7) is 5.69. The zero-order valence-electron chi connectivity index (χ0n) is 18.6. The van der Waals surface area contributed by atoms with Gasteiger partial charge in [0.15, 0.2) is 5.01 Å². The highest BCUT2D eigenvalue weighted by atomic mass is 32.1. The lowest BCUT2D eigenvalue weighted by Gasteiger charge is -2.27. The van der Waals surface area contributed by atoms with E-state index >= 15 is 0 Å². The fourth-order valence-corrected chi connectivity index (χ4v) is 4.27. The molecule has 0 N–H and O–H groups in total. The lowest BCUT2D eigenvalue weighted by molar-refractivity contribution is -0.162. The van der Waals surface area contributed by atoms with Crippen LogP contribution in [-0.4, -0.2) is 61.6 Å². The van der Waals surface area contributed by atoms with Crippen LogP contribution < -0.4 is 4.74 Å². The van der Waals surface area contributed by atoms with Crippen molar-refractivity contribution in [1.29, 1.82) is 0 Å². The van der Waals surface area contributed by atoms with E-state index in [1.165, 1.54) is 12.5 Å². The van der Waals surface area contributed by atoms with Crippen molar-refractivity contribution in [3.63, 3.8) is 0 Å². The molecule has 2 heterocycles. The summed E-state index contributed by atoms with van der Waals surface area (Å²) in [4.78, 5) is 17.8. The molecule has 11 heteroatoms. The molecule has 2 aromatic rings. The molecular weight excluding hydrogens is 461 g/mol. The van der Waals surface area contributed by atoms with Crippen LogP contribution in [0, 0.1) is 0 Å². The SMILES string of the molecule is CCOCCOc1ccc(CC(C)N2CC(c3csc(C(F)(F)F)n3)OC2C(=O)OC)cc1. The van der Waals surface area contributed by atoms with Gasteiger partial charge in [0.2, 0.25) is 6.23 Å². The molecule has 0 saturated carbocycles. The van der Waals surface area contributed by atoms with Crippen LogP contribution >= 0.6 is 11.3 Å². The molecule has 1 saturated heterocycles. The molecule has 1 aromatic carbocycles. The number of carbonyl (C=O) groups is 1. The fourth-order valence-electron chi connectivity index (χ4n) is 3.54. The number of hydrogen-bond acceptors (Lipinski definition) is 8. The third kappa shape index (κ3) is 6.66. The van der Waals surface area contributed by atoms with E-state index in [1.54, 1.807) is 4.90 Å². The number of halogens is 3. The monoisotopic (exact) mass is 488 g/mol. The van der Waals surface area contributed by atoms with Crippen molar-refractivity contribution < 1.29 is 36.9 Å². The standard InChI is InChI=1S/C22H27F3N2O5S/c1-4-30-9-10-31-16-7-5-15(6-8-16)11-14(2)27-12-18(32-19(27)20(28)29-3)17-13-33-21(26-17)22(23,24)25/h5-8,13-14,18-19H,4,9-12H2,1-3H3. The summed E-state index contributed by atoms with van der Waals surface area (Å²) in [6.07, 6.45) is -5.71. The van der Waals surface area contributed by atoms with Gasteiger partial charge in [-0.15, -0.1) is 11.3 Å². The Kier molecular flexibility index (Phi) is 8.69. The number of aromatic nitrogens is 1. The summed E-state index contributed by atoms with van der Waals surface area (Å²) in [7, 11) is 1.25. The van der Waals surface area contributed by atoms with E-state index in [1.807, 2.05) is 38.1 Å². The van der Waals surface area contributed by atoms with Crippen molar-refractivity contribution in [2.45, 2.75) is 44.8 Å². The number of carbonyl (C=O) groups excluding carboxylic acids is 1. The maximum atomic E-state index is 12.9. The first-order valence-electron chi connectivity index (χ1n) is 10.5. The Morgan fingerprint density at radius 3 is 2.64 bits per heavy atom. The lowest BCUT2D eigenvalue weighted by atomic mass is 10.1. The maximum absolute atomic E-state index is 12.9. The summed E-state index contributed by atoms with van der Waals surface area (Å²) >= 11 is 0.510. The summed E-state index contributed by atoms with van der Waals surface area (Å²) in [5, 5.41) is 0.381. The van der Waals surface area contributed by atoms with Gasteiger partial charge >= 0.3 is 12.1 Å². The predicted molar refractivity (Wildman–Crippen MR) is 115 cm³/mol. The van der Waals surface area contributed by atoms with E-state index < -0.39 is 29.5 Å². The first-order chi connectivity index (χ1) is 15.7. The Labute approximate surface area is 194 Å². The van der Waals surface area contributed by atoms with Crippen molar-refractivity contribution in [2.24, 2.45) is 0 Å². The predicted octanol–water partition coefficient (Wildman–Crippen LogP) is 4.08. The molecule has 0 aliphatic carbocycles. The molecular formula is C22H27F3N2O5S. The third-order valence-electron chi connectivity index (χ3n) is 5.19. The van der Waals surface area contributed by atoms with Gasteiger partial charge in [0.25, 0.3) is 0 Å². The first kappa shape index (κ1) is 25.4. The highest BCUT2D eigenvalue weighted by Gasteiger charge is 2.43. The number of benzene rings is 1. The highest BCUT2D eigenvalue weighted by molar-refractivity contribution is 7.09. The molecule has 0 amide bonds. The van der Waals surface area contributed by atoms with Crippen molar-refractivity contribution >= 4 is 17.3 Å². The van der Waals surface area contributed by atoms with Gasteiger partial charge in [0, 0.05) is 24.6 Å². The quantitative estimate of drug-likeness (QED) is 0.369. The lowest BCUT2D eigenvalue weighted by Crippen LogP contribution is -2.44. The van der Waals surface area contributed by atoms with Crippen LogP contribution in [0.4, 0.5) is 13.2 Å². The van der Waals surface area contributed by atoms with Crippen LogP contribution in [0.2, 0.25) is 0 Å². The van der Waals surface area contributed by atoms with E-state index in [2.05, 4.69) is 4.98 Å². The topological polar surface area (TPSA) is 70.1 Å². The number of ether oxygens (including phenoxy) is 4. The maximum Gasteiger partial charge on any atom is 0.443 e. The van der Waals surface area contributed by atoms with Gasteiger partial charge in [0.1, 0.15) is 18.5 Å². The molecule has 3 rings (SSSR count). The molecule has 182 valence electrons. The second-order valence-corrected chi connectivity index (χ2v) is 8.37. The van der Waals surface area contributed by atoms with Crippen molar-refractivity contribution in [2.75, 3.05) is 33.5 Å². The number of esters is 1. The third-order valence-corrected chi connectivity index (χ3v) is 6.09. The molecule has 1 fully saturated rings. The second-order valence-electron chi connectivity index (χ2n) is 7.51. The minimum Gasteiger partial charge on any atom is -0.491 e. The summed E-state index contributed by atoms with van der Waals surface area (Å²) in [6, 6.07) is 7.45. The van der Waals surface area contributed by atoms with Gasteiger partial charge < -0.3 is 18.9 Å². The zero-order chi connectivity index (χ0) is 24.0. The summed E-state index contributed by atoms with van der Waals surface area (Å²) < 4.78 is 60.3. The fraction of sp³-hybridized carbons (Fsp3) is 0.545. The molecule has 0 bridgehead atoms. The molecule has 0 spiro atoms. The Balaban J connectivity index is 1.65. The van der Waals surface area contributed by atoms with Gasteiger partial charge in [-0.3, -0.25) is 4.90 Å². The second kappa shape index (κ2) is 11.3. The highest BCUT2D eigenvalue weighted by Crippen LogP contribution is 2.36. The summed E-state index contributed by atoms with van der Waals surface area (Å²) in [5.74, 6) is 0.126. The zero-order valence-corrected chi connectivity index (χ0v) is 19.4.